The van der Waals surface area contributed by atoms with Gasteiger partial charge in [-0.2, -0.15) is 0 Å². The van der Waals surface area contributed by atoms with Crippen LogP contribution in [0.1, 0.15) is 51.9 Å². The van der Waals surface area contributed by atoms with Gasteiger partial charge in [0.05, 0.1) is 0 Å². The van der Waals surface area contributed by atoms with E-state index in [0.29, 0.717) is 0 Å². The van der Waals surface area contributed by atoms with E-state index in [0.717, 1.165) is 32.1 Å². The zero-order valence-corrected chi connectivity index (χ0v) is 18.5. The highest BCUT2D eigenvalue weighted by Crippen LogP contribution is 1.96. The topological polar surface area (TPSA) is 95.5 Å². The number of nitrogens with one attached hydrogen (secondary N) is 2. The fourth-order valence-electron chi connectivity index (χ4n) is 2.24. The van der Waals surface area contributed by atoms with Crippen molar-refractivity contribution in [1.82, 2.24) is 10.6 Å². The molecule has 0 saturated heterocycles. The molecule has 0 spiro atoms. The van der Waals surface area contributed by atoms with Gasteiger partial charge in [0.1, 0.15) is 6.54 Å². The first-order valence-electron chi connectivity index (χ1n) is 10.7. The molecule has 0 aliphatic heterocycles. The smallest absolute Gasteiger partial charge is 0.322 e. The third kappa shape index (κ3) is 23.0. The predicted octanol–water partition coefficient (Wildman–Crippen LogP) is 4.39. The Labute approximate surface area is 186 Å². The van der Waals surface area contributed by atoms with E-state index in [9.17, 15) is 14.4 Å². The third-order valence-electron chi connectivity index (χ3n) is 3.84. The molecule has 3 N–H and O–H groups in total. The van der Waals surface area contributed by atoms with Crippen molar-refractivity contribution in [2.45, 2.75) is 51.9 Å². The van der Waals surface area contributed by atoms with Crippen molar-refractivity contribution >= 4 is 17.8 Å². The Balaban J connectivity index is 3.66. The highest BCUT2D eigenvalue weighted by Gasteiger charge is 2.04. The van der Waals surface area contributed by atoms with Crippen LogP contribution in [0.4, 0.5) is 0 Å². The Morgan fingerprint density at radius 3 is 1.55 bits per heavy atom. The molecule has 6 nitrogen and oxygen atoms in total. The standard InChI is InChI=1S/C25H36N2O4/c1-2-3-4-5-6-7-8-9-10-11-12-13-14-15-16-17-18-19-23(28)26-21-20-24(29)27-22-25(30)31/h2-3,5-6,8-9,11-12,14-15,17-18H,4,7,10,13,16,19-22H2,1H3,(H,26,28)(H,27,29)(H,30,31)/b3-2-,6-5-,9-8-,12-11-,15-14-,18-17-. The van der Waals surface area contributed by atoms with Crippen LogP contribution < -0.4 is 10.6 Å². The summed E-state index contributed by atoms with van der Waals surface area (Å²) in [4.78, 5) is 33.2. The number of amides is 2. The Kier molecular flexibility index (Phi) is 19.4. The normalized spacial score (nSPS) is 12.3. The number of carboxylic acid groups (broad SMARTS) is 1. The maximum Gasteiger partial charge on any atom is 0.322 e. The van der Waals surface area contributed by atoms with Gasteiger partial charge in [-0.15, -0.1) is 0 Å². The monoisotopic (exact) mass is 428 g/mol. The molecule has 0 aromatic carbocycles. The van der Waals surface area contributed by atoms with E-state index >= 15 is 0 Å². The van der Waals surface area contributed by atoms with Crippen molar-refractivity contribution in [3.05, 3.63) is 72.9 Å². The minimum Gasteiger partial charge on any atom is -0.480 e. The number of hydrogen-bond donors (Lipinski definition) is 3. The summed E-state index contributed by atoms with van der Waals surface area (Å²) >= 11 is 0. The molecule has 0 aliphatic rings. The van der Waals surface area contributed by atoms with Crippen LogP contribution in [-0.4, -0.2) is 36.0 Å². The summed E-state index contributed by atoms with van der Waals surface area (Å²) in [5.41, 5.74) is 0. The lowest BCUT2D eigenvalue weighted by Crippen LogP contribution is -2.33. The van der Waals surface area contributed by atoms with Crippen LogP contribution in [0, 0.1) is 0 Å². The number of rotatable bonds is 17. The first-order valence-corrected chi connectivity index (χ1v) is 10.7. The highest BCUT2D eigenvalue weighted by molar-refractivity contribution is 5.82. The summed E-state index contributed by atoms with van der Waals surface area (Å²) in [6.45, 7) is 1.80. The molecule has 0 aliphatic carbocycles. The first kappa shape index (κ1) is 27.8. The quantitative estimate of drug-likeness (QED) is 0.299. The van der Waals surface area contributed by atoms with Crippen LogP contribution in [0.25, 0.3) is 0 Å². The van der Waals surface area contributed by atoms with Crippen molar-refractivity contribution in [3.8, 4) is 0 Å². The zero-order valence-electron chi connectivity index (χ0n) is 18.5. The van der Waals surface area contributed by atoms with E-state index in [-0.39, 0.29) is 25.3 Å². The summed E-state index contributed by atoms with van der Waals surface area (Å²) in [6, 6.07) is 0. The molecule has 0 aromatic heterocycles. The number of carboxylic acids is 1. The Bertz CT molecular complexity index is 686. The van der Waals surface area contributed by atoms with E-state index in [2.05, 4.69) is 71.4 Å². The number of carbonyl (C=O) groups is 3. The van der Waals surface area contributed by atoms with Crippen molar-refractivity contribution in [2.75, 3.05) is 13.1 Å². The third-order valence-corrected chi connectivity index (χ3v) is 3.84. The van der Waals surface area contributed by atoms with Gasteiger partial charge in [-0.1, -0.05) is 72.9 Å². The van der Waals surface area contributed by atoms with Crippen LogP contribution in [0.2, 0.25) is 0 Å². The van der Waals surface area contributed by atoms with Gasteiger partial charge in [-0.25, -0.2) is 0 Å². The molecular formula is C25H36N2O4. The van der Waals surface area contributed by atoms with Gasteiger partial charge in [-0.05, 0) is 39.0 Å². The lowest BCUT2D eigenvalue weighted by molar-refractivity contribution is -0.138. The maximum atomic E-state index is 11.6. The van der Waals surface area contributed by atoms with Crippen molar-refractivity contribution in [3.63, 3.8) is 0 Å². The van der Waals surface area contributed by atoms with Gasteiger partial charge >= 0.3 is 5.97 Å². The van der Waals surface area contributed by atoms with E-state index < -0.39 is 18.4 Å². The zero-order chi connectivity index (χ0) is 23.0. The van der Waals surface area contributed by atoms with Crippen molar-refractivity contribution in [1.29, 1.82) is 0 Å². The number of aliphatic carboxylic acids is 1. The highest BCUT2D eigenvalue weighted by atomic mass is 16.4. The average molecular weight is 429 g/mol. The molecule has 31 heavy (non-hydrogen) atoms. The molecule has 170 valence electrons. The lowest BCUT2D eigenvalue weighted by atomic mass is 10.2. The lowest BCUT2D eigenvalue weighted by Gasteiger charge is -2.03. The summed E-state index contributed by atoms with van der Waals surface area (Å²) in [6.07, 6.45) is 29.8. The van der Waals surface area contributed by atoms with Gasteiger partial charge in [0.2, 0.25) is 11.8 Å². The first-order chi connectivity index (χ1) is 15.1. The van der Waals surface area contributed by atoms with Gasteiger partial charge in [0.15, 0.2) is 0 Å². The number of carbonyl (C=O) groups excluding carboxylic acids is 2. The summed E-state index contributed by atoms with van der Waals surface area (Å²) < 4.78 is 0. The van der Waals surface area contributed by atoms with Crippen LogP contribution in [0.3, 0.4) is 0 Å². The van der Waals surface area contributed by atoms with E-state index in [1.54, 1.807) is 6.08 Å². The molecule has 0 fully saturated rings. The molecule has 0 atom stereocenters. The molecule has 2 amide bonds. The second-order valence-electron chi connectivity index (χ2n) is 6.58. The minimum absolute atomic E-state index is 0.0582. The molecule has 0 unspecified atom stereocenters. The summed E-state index contributed by atoms with van der Waals surface area (Å²) in [5.74, 6) is -1.67. The fourth-order valence-corrected chi connectivity index (χ4v) is 2.24. The number of allylic oxidation sites excluding steroid dienone is 11. The van der Waals surface area contributed by atoms with Crippen LogP contribution in [0.5, 0.6) is 0 Å². The molecule has 0 radical (unpaired) electrons. The molecule has 0 rings (SSSR count). The van der Waals surface area contributed by atoms with Crippen molar-refractivity contribution < 1.29 is 19.5 Å². The Hall–Kier alpha value is -3.15. The summed E-state index contributed by atoms with van der Waals surface area (Å²) in [7, 11) is 0. The second kappa shape index (κ2) is 21.6. The van der Waals surface area contributed by atoms with E-state index in [4.69, 9.17) is 5.11 Å². The maximum absolute atomic E-state index is 11.6. The van der Waals surface area contributed by atoms with Crippen LogP contribution in [-0.2, 0) is 14.4 Å². The van der Waals surface area contributed by atoms with Gasteiger partial charge < -0.3 is 15.7 Å². The van der Waals surface area contributed by atoms with Gasteiger partial charge in [-0.3, -0.25) is 14.4 Å². The number of hydrogen-bond acceptors (Lipinski definition) is 3. The predicted molar refractivity (Wildman–Crippen MR) is 126 cm³/mol. The molecule has 0 saturated carbocycles. The van der Waals surface area contributed by atoms with Crippen molar-refractivity contribution in [2.24, 2.45) is 0 Å². The molecule has 6 heteroatoms. The SMILES string of the molecule is C/C=C\C/C=C\C/C=C\C/C=C\C/C=C\C/C=C\CC(=O)NCCC(=O)NCC(=O)O. The second-order valence-corrected chi connectivity index (χ2v) is 6.58. The molecule has 0 aromatic rings. The Morgan fingerprint density at radius 1 is 0.645 bits per heavy atom. The van der Waals surface area contributed by atoms with Crippen LogP contribution >= 0.6 is 0 Å². The van der Waals surface area contributed by atoms with Crippen LogP contribution in [0.15, 0.2) is 72.9 Å². The van der Waals surface area contributed by atoms with E-state index in [1.165, 1.54) is 0 Å². The molecular weight excluding hydrogens is 392 g/mol. The average Bonchev–Trinajstić information content (AvgIpc) is 2.74. The minimum atomic E-state index is -1.10. The van der Waals surface area contributed by atoms with Gasteiger partial charge in [0.25, 0.3) is 0 Å². The van der Waals surface area contributed by atoms with E-state index in [1.807, 2.05) is 13.0 Å². The van der Waals surface area contributed by atoms with Gasteiger partial charge in [0, 0.05) is 19.4 Å². The Morgan fingerprint density at radius 2 is 1.10 bits per heavy atom. The fraction of sp³-hybridized carbons (Fsp3) is 0.400. The molecule has 0 bridgehead atoms. The molecule has 0 heterocycles. The largest absolute Gasteiger partial charge is 0.480 e. The summed E-state index contributed by atoms with van der Waals surface area (Å²) in [5, 5.41) is 13.3.